The van der Waals surface area contributed by atoms with Gasteiger partial charge in [0, 0.05) is 16.5 Å². The molecule has 0 atom stereocenters. The predicted molar refractivity (Wildman–Crippen MR) is 140 cm³/mol. The first-order valence-electron chi connectivity index (χ1n) is 9.82. The first kappa shape index (κ1) is 24.5. The van der Waals surface area contributed by atoms with Crippen LogP contribution in [0.1, 0.15) is 31.4 Å². The summed E-state index contributed by atoms with van der Waals surface area (Å²) < 4.78 is 12.7. The lowest BCUT2D eigenvalue weighted by Crippen LogP contribution is -2.26. The van der Waals surface area contributed by atoms with Crippen LogP contribution >= 0.6 is 57.7 Å². The zero-order valence-electron chi connectivity index (χ0n) is 17.3. The van der Waals surface area contributed by atoms with Crippen molar-refractivity contribution in [1.82, 2.24) is 5.43 Å². The summed E-state index contributed by atoms with van der Waals surface area (Å²) in [5.41, 5.74) is 4.48. The second-order valence-corrected chi connectivity index (χ2v) is 12.0. The maximum atomic E-state index is 12.2. The number of carbonyl (C=O) groups excluding carboxylic acids is 1. The second-order valence-electron chi connectivity index (χ2n) is 6.98. The average Bonchev–Trinajstić information content (AvgIpc) is 3.14. The number of thioether (sulfide) groups is 2. The molecule has 5 nitrogen and oxygen atoms in total. The van der Waals surface area contributed by atoms with Gasteiger partial charge < -0.3 is 9.47 Å². The van der Waals surface area contributed by atoms with E-state index in [1.165, 1.54) is 0 Å². The molecule has 1 aliphatic rings. The number of rotatable bonds is 9. The summed E-state index contributed by atoms with van der Waals surface area (Å²) in [6.45, 7) is 4.96. The molecule has 0 aromatic heterocycles. The van der Waals surface area contributed by atoms with Crippen molar-refractivity contribution in [2.45, 2.75) is 31.0 Å². The number of hydrogen-bond acceptors (Lipinski definition) is 6. The van der Waals surface area contributed by atoms with Crippen LogP contribution in [0, 0.1) is 3.57 Å². The van der Waals surface area contributed by atoms with Gasteiger partial charge >= 0.3 is 0 Å². The van der Waals surface area contributed by atoms with Gasteiger partial charge in [0.15, 0.2) is 11.5 Å². The molecule has 1 N–H and O–H groups in total. The molecule has 166 valence electrons. The summed E-state index contributed by atoms with van der Waals surface area (Å²) in [5.74, 6) is 3.42. The Morgan fingerprint density at radius 3 is 2.65 bits per heavy atom. The van der Waals surface area contributed by atoms with E-state index in [2.05, 4.69) is 40.0 Å². The molecule has 9 heteroatoms. The van der Waals surface area contributed by atoms with Gasteiger partial charge in [0.2, 0.25) is 5.91 Å². The fourth-order valence-corrected chi connectivity index (χ4v) is 6.71. The van der Waals surface area contributed by atoms with Gasteiger partial charge in [-0.2, -0.15) is 5.10 Å². The van der Waals surface area contributed by atoms with E-state index in [9.17, 15) is 4.79 Å². The number of halogens is 2. The number of nitrogens with zero attached hydrogens (tertiary/aromatic N) is 1. The Kier molecular flexibility index (Phi) is 9.24. The summed E-state index contributed by atoms with van der Waals surface area (Å²) >= 11 is 11.8. The molecule has 0 radical (unpaired) electrons. The van der Waals surface area contributed by atoms with E-state index in [0.29, 0.717) is 36.2 Å². The molecule has 0 bridgehead atoms. The summed E-state index contributed by atoms with van der Waals surface area (Å²) in [5, 5.41) is 4.83. The highest BCUT2D eigenvalue weighted by atomic mass is 127. The molecule has 0 spiro atoms. The topological polar surface area (TPSA) is 59.9 Å². The number of ether oxygens (including phenoxy) is 2. The van der Waals surface area contributed by atoms with Crippen LogP contribution in [0.15, 0.2) is 41.5 Å². The van der Waals surface area contributed by atoms with Gasteiger partial charge in [0.1, 0.15) is 6.61 Å². The SMILES string of the molecule is CCOc1cc(/C=N\NC(=O)CC2(C)SCCS2)cc(I)c1OCc1ccc(Cl)cc1. The molecule has 1 amide bonds. The molecule has 0 saturated carbocycles. The third kappa shape index (κ3) is 7.47. The van der Waals surface area contributed by atoms with Gasteiger partial charge in [-0.05, 0) is 71.8 Å². The first-order valence-corrected chi connectivity index (χ1v) is 13.2. The van der Waals surface area contributed by atoms with Crippen LogP contribution in [0.5, 0.6) is 11.5 Å². The van der Waals surface area contributed by atoms with Gasteiger partial charge in [-0.15, -0.1) is 23.5 Å². The molecule has 3 rings (SSSR count). The third-order valence-electron chi connectivity index (χ3n) is 4.41. The van der Waals surface area contributed by atoms with Crippen LogP contribution in [0.2, 0.25) is 5.02 Å². The minimum Gasteiger partial charge on any atom is -0.490 e. The van der Waals surface area contributed by atoms with Crippen molar-refractivity contribution in [3.05, 3.63) is 56.1 Å². The Hall–Kier alpha value is -1.10. The number of carbonyl (C=O) groups is 1. The monoisotopic (exact) mass is 590 g/mol. The minimum atomic E-state index is -0.0803. The fraction of sp³-hybridized carbons (Fsp3) is 0.364. The van der Waals surface area contributed by atoms with Gasteiger partial charge in [-0.25, -0.2) is 5.43 Å². The Labute approximate surface area is 210 Å². The number of amides is 1. The van der Waals surface area contributed by atoms with Crippen molar-refractivity contribution in [2.75, 3.05) is 18.1 Å². The molecule has 2 aromatic rings. The Morgan fingerprint density at radius 1 is 1.26 bits per heavy atom. The predicted octanol–water partition coefficient (Wildman–Crippen LogP) is 5.96. The van der Waals surface area contributed by atoms with Crippen molar-refractivity contribution >= 4 is 69.8 Å². The van der Waals surface area contributed by atoms with Crippen LogP contribution < -0.4 is 14.9 Å². The van der Waals surface area contributed by atoms with E-state index in [0.717, 1.165) is 26.2 Å². The van der Waals surface area contributed by atoms with Crippen LogP contribution in [0.25, 0.3) is 0 Å². The molecule has 1 heterocycles. The molecule has 2 aromatic carbocycles. The lowest BCUT2D eigenvalue weighted by molar-refractivity contribution is -0.121. The minimum absolute atomic E-state index is 0.0554. The Morgan fingerprint density at radius 2 is 1.97 bits per heavy atom. The van der Waals surface area contributed by atoms with E-state index in [-0.39, 0.29) is 9.99 Å². The number of hydrazone groups is 1. The van der Waals surface area contributed by atoms with Crippen molar-refractivity contribution in [2.24, 2.45) is 5.10 Å². The Balaban J connectivity index is 1.65. The number of nitrogens with one attached hydrogen (secondary N) is 1. The van der Waals surface area contributed by atoms with Gasteiger partial charge in [-0.1, -0.05) is 23.7 Å². The standard InChI is InChI=1S/C22H24ClIN2O3S2/c1-3-28-19-11-16(13-25-26-20(27)12-22(2)30-8-9-31-22)10-18(24)21(19)29-14-15-4-6-17(23)7-5-15/h4-7,10-11,13H,3,8-9,12,14H2,1-2H3,(H,26,27)/b25-13-. The zero-order valence-corrected chi connectivity index (χ0v) is 21.9. The maximum absolute atomic E-state index is 12.2. The Bertz CT molecular complexity index is 935. The molecular weight excluding hydrogens is 567 g/mol. The summed E-state index contributed by atoms with van der Waals surface area (Å²) in [7, 11) is 0. The molecule has 0 aliphatic carbocycles. The molecule has 31 heavy (non-hydrogen) atoms. The molecule has 1 saturated heterocycles. The number of benzene rings is 2. The lowest BCUT2D eigenvalue weighted by atomic mass is 10.2. The zero-order chi connectivity index (χ0) is 22.3. The van der Waals surface area contributed by atoms with Crippen molar-refractivity contribution in [3.63, 3.8) is 0 Å². The quantitative estimate of drug-likeness (QED) is 0.222. The lowest BCUT2D eigenvalue weighted by Gasteiger charge is -2.19. The fourth-order valence-electron chi connectivity index (χ4n) is 2.97. The normalized spacial score (nSPS) is 15.2. The number of hydrogen-bond donors (Lipinski definition) is 1. The van der Waals surface area contributed by atoms with Gasteiger partial charge in [0.05, 0.1) is 26.9 Å². The highest BCUT2D eigenvalue weighted by molar-refractivity contribution is 14.1. The molecule has 0 unspecified atom stereocenters. The van der Waals surface area contributed by atoms with E-state index in [4.69, 9.17) is 21.1 Å². The molecular formula is C22H24ClIN2O3S2. The van der Waals surface area contributed by atoms with E-state index in [1.807, 2.05) is 66.8 Å². The largest absolute Gasteiger partial charge is 0.490 e. The summed E-state index contributed by atoms with van der Waals surface area (Å²) in [6.07, 6.45) is 2.07. The molecule has 1 fully saturated rings. The summed E-state index contributed by atoms with van der Waals surface area (Å²) in [4.78, 5) is 12.2. The van der Waals surface area contributed by atoms with E-state index < -0.39 is 0 Å². The van der Waals surface area contributed by atoms with Crippen molar-refractivity contribution < 1.29 is 14.3 Å². The maximum Gasteiger partial charge on any atom is 0.242 e. The first-order chi connectivity index (χ1) is 14.9. The van der Waals surface area contributed by atoms with E-state index >= 15 is 0 Å². The van der Waals surface area contributed by atoms with Crippen LogP contribution in [0.4, 0.5) is 0 Å². The highest BCUT2D eigenvalue weighted by Crippen LogP contribution is 2.45. The van der Waals surface area contributed by atoms with Crippen LogP contribution in [0.3, 0.4) is 0 Å². The van der Waals surface area contributed by atoms with Gasteiger partial charge in [0.25, 0.3) is 0 Å². The van der Waals surface area contributed by atoms with Gasteiger partial charge in [-0.3, -0.25) is 4.79 Å². The van der Waals surface area contributed by atoms with Crippen LogP contribution in [-0.2, 0) is 11.4 Å². The smallest absolute Gasteiger partial charge is 0.242 e. The summed E-state index contributed by atoms with van der Waals surface area (Å²) in [6, 6.07) is 11.4. The second kappa shape index (κ2) is 11.7. The van der Waals surface area contributed by atoms with Crippen molar-refractivity contribution in [3.8, 4) is 11.5 Å². The molecule has 1 aliphatic heterocycles. The average molecular weight is 591 g/mol. The van der Waals surface area contributed by atoms with E-state index in [1.54, 1.807) is 6.21 Å². The van der Waals surface area contributed by atoms with Crippen LogP contribution in [-0.4, -0.2) is 34.3 Å². The third-order valence-corrected chi connectivity index (χ3v) is 8.76. The highest BCUT2D eigenvalue weighted by Gasteiger charge is 2.32. The van der Waals surface area contributed by atoms with Crippen molar-refractivity contribution in [1.29, 1.82) is 0 Å².